The van der Waals surface area contributed by atoms with E-state index in [2.05, 4.69) is 195 Å². The Bertz CT molecular complexity index is 2640. The largest absolute Gasteiger partial charge is 0.439 e. The number of likely N-dealkylation sites (N-methyl/N-ethyl adjacent to an activating group) is 1. The van der Waals surface area contributed by atoms with Gasteiger partial charge >= 0.3 is 14.0 Å². The van der Waals surface area contributed by atoms with E-state index in [-0.39, 0.29) is 19.4 Å². The van der Waals surface area contributed by atoms with Crippen molar-refractivity contribution in [3.05, 3.63) is 161 Å². The lowest BCUT2D eigenvalue weighted by molar-refractivity contribution is 0.501. The van der Waals surface area contributed by atoms with Crippen molar-refractivity contribution in [2.75, 3.05) is 28.5 Å². The number of anilines is 4. The Labute approximate surface area is 313 Å². The van der Waals surface area contributed by atoms with Gasteiger partial charge < -0.3 is 23.7 Å². The number of furan rings is 1. The quantitative estimate of drug-likeness (QED) is 0.172. The minimum absolute atomic E-state index is 0.0188. The molecule has 5 nitrogen and oxygen atoms in total. The molecule has 6 aromatic carbocycles. The Kier molecular flexibility index (Phi) is 6.82. The lowest BCUT2D eigenvalue weighted by Crippen LogP contribution is -2.54. The van der Waals surface area contributed by atoms with E-state index in [1.54, 1.807) is 0 Å². The minimum Gasteiger partial charge on any atom is -0.439 e. The average Bonchev–Trinajstić information content (AvgIpc) is 3.84. The molecule has 258 valence electrons. The minimum atomic E-state index is -0.113. The van der Waals surface area contributed by atoms with Gasteiger partial charge in [0.25, 0.3) is 0 Å². The maximum absolute atomic E-state index is 6.57. The Balaban J connectivity index is 1.07. The number of rotatable bonds is 4. The standard InChI is InChI=1S/C46H42B2N4O/c1-29-12-21-36(22-13-29)51-42-38-10-8-9-11-40(38)46(4,5)44(42)49(6)47(51)34-19-17-33-28-35(20-18-32(33)27-34)48-50(7)45-43(39-26-31(3)16-25-41(39)53-45)52(48)37-23-14-30(2)15-24-37/h8-28H,1-7H3. The molecule has 3 aliphatic rings. The van der Waals surface area contributed by atoms with Gasteiger partial charge in [0, 0.05) is 33.4 Å². The molecule has 0 N–H and O–H groups in total. The summed E-state index contributed by atoms with van der Waals surface area (Å²) in [5.41, 5.74) is 15.9. The lowest BCUT2D eigenvalue weighted by Gasteiger charge is -2.35. The molecule has 3 heterocycles. The van der Waals surface area contributed by atoms with Gasteiger partial charge in [-0.15, -0.1) is 0 Å². The Morgan fingerprint density at radius 3 is 1.77 bits per heavy atom. The van der Waals surface area contributed by atoms with Crippen molar-refractivity contribution in [3.8, 4) is 0 Å². The molecular formula is C46H42B2N4O. The van der Waals surface area contributed by atoms with E-state index in [4.69, 9.17) is 4.42 Å². The molecule has 0 unspecified atom stereocenters. The summed E-state index contributed by atoms with van der Waals surface area (Å²) >= 11 is 0. The summed E-state index contributed by atoms with van der Waals surface area (Å²) in [6, 6.07) is 47.3. The molecule has 0 fully saturated rings. The monoisotopic (exact) mass is 688 g/mol. The van der Waals surface area contributed by atoms with Crippen LogP contribution in [0.5, 0.6) is 0 Å². The summed E-state index contributed by atoms with van der Waals surface area (Å²) < 4.78 is 6.57. The number of hydrogen-bond acceptors (Lipinski definition) is 5. The van der Waals surface area contributed by atoms with Crippen LogP contribution in [0.1, 0.15) is 41.7 Å². The van der Waals surface area contributed by atoms with Gasteiger partial charge in [0.15, 0.2) is 0 Å². The first-order valence-electron chi connectivity index (χ1n) is 18.7. The molecule has 0 bridgehead atoms. The van der Waals surface area contributed by atoms with Gasteiger partial charge in [0.05, 0.1) is 5.70 Å². The molecule has 1 aromatic heterocycles. The summed E-state index contributed by atoms with van der Waals surface area (Å²) in [6.07, 6.45) is 0. The summed E-state index contributed by atoms with van der Waals surface area (Å²) in [5.74, 6) is 0.900. The molecule has 0 radical (unpaired) electrons. The van der Waals surface area contributed by atoms with E-state index >= 15 is 0 Å². The van der Waals surface area contributed by atoms with Crippen LogP contribution in [0, 0.1) is 20.8 Å². The van der Waals surface area contributed by atoms with Crippen molar-refractivity contribution in [1.82, 2.24) is 4.81 Å². The molecule has 7 heteroatoms. The van der Waals surface area contributed by atoms with Crippen LogP contribution in [-0.4, -0.2) is 32.9 Å². The van der Waals surface area contributed by atoms with E-state index in [0.29, 0.717) is 0 Å². The number of aryl methyl sites for hydroxylation is 3. The van der Waals surface area contributed by atoms with Crippen LogP contribution in [0.2, 0.25) is 0 Å². The van der Waals surface area contributed by atoms with E-state index in [1.165, 1.54) is 66.6 Å². The number of benzene rings is 6. The summed E-state index contributed by atoms with van der Waals surface area (Å²) in [7, 11) is 4.43. The Hall–Kier alpha value is -5.81. The van der Waals surface area contributed by atoms with Crippen molar-refractivity contribution in [3.63, 3.8) is 0 Å². The van der Waals surface area contributed by atoms with E-state index in [9.17, 15) is 0 Å². The fraction of sp³-hybridized carbons (Fsp3) is 0.174. The summed E-state index contributed by atoms with van der Waals surface area (Å²) in [4.78, 5) is 9.83. The highest BCUT2D eigenvalue weighted by Gasteiger charge is 2.52. The molecule has 0 amide bonds. The maximum atomic E-state index is 6.57. The number of allylic oxidation sites excluding steroid dienone is 1. The Morgan fingerprint density at radius 1 is 0.566 bits per heavy atom. The molecule has 0 spiro atoms. The van der Waals surface area contributed by atoms with Crippen LogP contribution >= 0.6 is 0 Å². The van der Waals surface area contributed by atoms with Crippen LogP contribution in [-0.2, 0) is 5.41 Å². The normalized spacial score (nSPS) is 16.1. The second-order valence-electron chi connectivity index (χ2n) is 15.9. The number of hydrogen-bond donors (Lipinski definition) is 0. The zero-order valence-electron chi connectivity index (χ0n) is 31.5. The van der Waals surface area contributed by atoms with Crippen molar-refractivity contribution in [2.24, 2.45) is 0 Å². The van der Waals surface area contributed by atoms with Gasteiger partial charge in [-0.25, -0.2) is 0 Å². The number of nitrogens with zero attached hydrogens (tertiary/aromatic N) is 4. The molecule has 7 aromatic rings. The van der Waals surface area contributed by atoms with Crippen molar-refractivity contribution >= 4 is 75.3 Å². The van der Waals surface area contributed by atoms with Crippen LogP contribution in [0.15, 0.2) is 138 Å². The molecule has 10 rings (SSSR count). The molecular weight excluding hydrogens is 646 g/mol. The fourth-order valence-electron chi connectivity index (χ4n) is 9.42. The van der Waals surface area contributed by atoms with Gasteiger partial charge in [-0.3, -0.25) is 0 Å². The zero-order chi connectivity index (χ0) is 36.3. The van der Waals surface area contributed by atoms with Crippen LogP contribution < -0.4 is 25.4 Å². The first kappa shape index (κ1) is 31.9. The topological polar surface area (TPSA) is 26.1 Å². The maximum Gasteiger partial charge on any atom is 0.418 e. The smallest absolute Gasteiger partial charge is 0.418 e. The molecule has 1 aliphatic carbocycles. The van der Waals surface area contributed by atoms with Gasteiger partial charge in [-0.1, -0.05) is 122 Å². The van der Waals surface area contributed by atoms with Gasteiger partial charge in [-0.2, -0.15) is 0 Å². The lowest BCUT2D eigenvalue weighted by atomic mass is 9.62. The molecule has 0 saturated heterocycles. The fourth-order valence-corrected chi connectivity index (χ4v) is 9.42. The highest BCUT2D eigenvalue weighted by molar-refractivity contribution is 6.83. The third-order valence-electron chi connectivity index (χ3n) is 12.0. The van der Waals surface area contributed by atoms with Crippen molar-refractivity contribution < 1.29 is 4.42 Å². The summed E-state index contributed by atoms with van der Waals surface area (Å²) in [5, 5.41) is 3.60. The molecule has 2 aliphatic heterocycles. The second kappa shape index (κ2) is 11.3. The first-order chi connectivity index (χ1) is 25.6. The van der Waals surface area contributed by atoms with Crippen LogP contribution in [0.3, 0.4) is 0 Å². The second-order valence-corrected chi connectivity index (χ2v) is 15.9. The van der Waals surface area contributed by atoms with Gasteiger partial charge in [0.2, 0.25) is 5.88 Å². The molecule has 0 atom stereocenters. The molecule has 0 saturated carbocycles. The predicted octanol–water partition coefficient (Wildman–Crippen LogP) is 9.30. The third kappa shape index (κ3) is 4.59. The van der Waals surface area contributed by atoms with Crippen molar-refractivity contribution in [2.45, 2.75) is 40.0 Å². The highest BCUT2D eigenvalue weighted by Crippen LogP contribution is 2.53. The van der Waals surface area contributed by atoms with Crippen LogP contribution in [0.25, 0.3) is 27.4 Å². The predicted molar refractivity (Wildman–Crippen MR) is 225 cm³/mol. The SMILES string of the molecule is Cc1ccc(N2B(c3ccc4cc(B5N(C)c6oc7ccc(C)cc7c6N5c5ccc(C)cc5)ccc4c3)N(C)C3=C2c2ccccc2C3(C)C)cc1. The number of fused-ring (bicyclic) bond motifs is 6. The Morgan fingerprint density at radius 2 is 1.13 bits per heavy atom. The summed E-state index contributed by atoms with van der Waals surface area (Å²) in [6.45, 7) is 11.2. The van der Waals surface area contributed by atoms with E-state index in [0.717, 1.165) is 28.2 Å². The molecule has 53 heavy (non-hydrogen) atoms. The van der Waals surface area contributed by atoms with E-state index < -0.39 is 0 Å². The van der Waals surface area contributed by atoms with Crippen LogP contribution in [0.4, 0.5) is 22.9 Å². The first-order valence-corrected chi connectivity index (χ1v) is 18.7. The highest BCUT2D eigenvalue weighted by atomic mass is 16.4. The van der Waals surface area contributed by atoms with Crippen molar-refractivity contribution in [1.29, 1.82) is 0 Å². The van der Waals surface area contributed by atoms with Gasteiger partial charge in [-0.05, 0) is 98.5 Å². The van der Waals surface area contributed by atoms with Gasteiger partial charge in [0.1, 0.15) is 11.3 Å². The third-order valence-corrected chi connectivity index (χ3v) is 12.0. The average molecular weight is 688 g/mol. The van der Waals surface area contributed by atoms with E-state index in [1.807, 2.05) is 0 Å². The zero-order valence-corrected chi connectivity index (χ0v) is 31.5.